The third-order valence-corrected chi connectivity index (χ3v) is 2.64. The first kappa shape index (κ1) is 15.1. The summed E-state index contributed by atoms with van der Waals surface area (Å²) in [5, 5.41) is 2.35. The van der Waals surface area contributed by atoms with Gasteiger partial charge in [0.1, 0.15) is 6.04 Å². The molecular weight excluding hydrogens is 292 g/mol. The van der Waals surface area contributed by atoms with Gasteiger partial charge in [0, 0.05) is 10.0 Å². The van der Waals surface area contributed by atoms with Gasteiger partial charge in [-0.3, -0.25) is 10.1 Å². The molecule has 1 rings (SSSR count). The molecule has 0 aliphatic carbocycles. The zero-order valence-corrected chi connectivity index (χ0v) is 10.4. The van der Waals surface area contributed by atoms with Gasteiger partial charge in [-0.1, -0.05) is 23.2 Å². The molecule has 1 aromatic rings. The number of amides is 1. The van der Waals surface area contributed by atoms with Crippen LogP contribution in [0.1, 0.15) is 11.6 Å². The van der Waals surface area contributed by atoms with Crippen molar-refractivity contribution in [3.8, 4) is 0 Å². The highest BCUT2D eigenvalue weighted by atomic mass is 35.5. The topological polar surface area (TPSA) is 55.1 Å². The smallest absolute Gasteiger partial charge is 0.368 e. The second kappa shape index (κ2) is 5.77. The lowest BCUT2D eigenvalue weighted by Crippen LogP contribution is -2.39. The molecule has 1 atom stereocenters. The highest BCUT2D eigenvalue weighted by Crippen LogP contribution is 2.27. The van der Waals surface area contributed by atoms with Crippen molar-refractivity contribution >= 4 is 29.1 Å². The number of carbonyl (C=O) groups is 1. The number of carbonyl (C=O) groups excluding carboxylic acids is 1. The molecule has 3 nitrogen and oxygen atoms in total. The van der Waals surface area contributed by atoms with Gasteiger partial charge in [0.15, 0.2) is 0 Å². The van der Waals surface area contributed by atoms with Crippen LogP contribution >= 0.6 is 23.2 Å². The molecule has 0 saturated heterocycles. The predicted molar refractivity (Wildman–Crippen MR) is 62.5 cm³/mol. The summed E-state index contributed by atoms with van der Waals surface area (Å²) in [6, 6.07) is 2.78. The summed E-state index contributed by atoms with van der Waals surface area (Å²) < 4.78 is 36.3. The number of alkyl halides is 3. The fourth-order valence-corrected chi connectivity index (χ4v) is 1.72. The van der Waals surface area contributed by atoms with Crippen molar-refractivity contribution in [1.29, 1.82) is 0 Å². The maximum absolute atomic E-state index is 12.1. The van der Waals surface area contributed by atoms with Gasteiger partial charge in [0.05, 0.1) is 6.54 Å². The van der Waals surface area contributed by atoms with Crippen LogP contribution in [0.5, 0.6) is 0 Å². The first-order valence-corrected chi connectivity index (χ1v) is 5.50. The second-order valence-corrected chi connectivity index (χ2v) is 4.34. The number of benzene rings is 1. The average Bonchev–Trinajstić information content (AvgIpc) is 2.21. The number of hydrogen-bond acceptors (Lipinski definition) is 2. The van der Waals surface area contributed by atoms with Crippen LogP contribution in [-0.4, -0.2) is 18.6 Å². The Bertz CT molecular complexity index is 451. The Morgan fingerprint density at radius 3 is 2.50 bits per heavy atom. The molecule has 0 saturated carbocycles. The van der Waals surface area contributed by atoms with Crippen molar-refractivity contribution in [2.45, 2.75) is 12.2 Å². The lowest BCUT2D eigenvalue weighted by Gasteiger charge is -2.18. The van der Waals surface area contributed by atoms with Crippen molar-refractivity contribution in [1.82, 2.24) is 5.32 Å². The van der Waals surface area contributed by atoms with Crippen LogP contribution in [0, 0.1) is 0 Å². The molecule has 18 heavy (non-hydrogen) atoms. The van der Waals surface area contributed by atoms with E-state index >= 15 is 0 Å². The Hall–Kier alpha value is -0.980. The van der Waals surface area contributed by atoms with Crippen LogP contribution < -0.4 is 11.1 Å². The highest BCUT2D eigenvalue weighted by molar-refractivity contribution is 6.33. The molecule has 8 heteroatoms. The molecule has 1 aromatic carbocycles. The number of nitrogens with two attached hydrogens (primary N) is 1. The first-order chi connectivity index (χ1) is 8.20. The van der Waals surface area contributed by atoms with E-state index in [9.17, 15) is 18.0 Å². The van der Waals surface area contributed by atoms with E-state index in [1.54, 1.807) is 0 Å². The van der Waals surface area contributed by atoms with Crippen LogP contribution in [-0.2, 0) is 4.79 Å². The third kappa shape index (κ3) is 4.36. The minimum atomic E-state index is -4.46. The van der Waals surface area contributed by atoms with Gasteiger partial charge in [-0.05, 0) is 23.8 Å². The van der Waals surface area contributed by atoms with Crippen molar-refractivity contribution in [3.05, 3.63) is 33.8 Å². The van der Waals surface area contributed by atoms with Gasteiger partial charge in [0.25, 0.3) is 0 Å². The Morgan fingerprint density at radius 1 is 1.39 bits per heavy atom. The molecule has 0 heterocycles. The van der Waals surface area contributed by atoms with Gasteiger partial charge in [-0.15, -0.1) is 0 Å². The van der Waals surface area contributed by atoms with E-state index in [0.29, 0.717) is 0 Å². The number of primary amides is 1. The van der Waals surface area contributed by atoms with Gasteiger partial charge in [0.2, 0.25) is 5.91 Å². The first-order valence-electron chi connectivity index (χ1n) is 4.75. The van der Waals surface area contributed by atoms with Crippen LogP contribution in [0.25, 0.3) is 0 Å². The zero-order valence-electron chi connectivity index (χ0n) is 8.89. The normalized spacial score (nSPS) is 13.4. The van der Waals surface area contributed by atoms with Crippen molar-refractivity contribution in [2.24, 2.45) is 5.73 Å². The van der Waals surface area contributed by atoms with Gasteiger partial charge in [-0.2, -0.15) is 13.2 Å². The Labute approximate surface area is 111 Å². The van der Waals surface area contributed by atoms with Crippen LogP contribution in [0.3, 0.4) is 0 Å². The van der Waals surface area contributed by atoms with E-state index in [1.165, 1.54) is 18.2 Å². The maximum Gasteiger partial charge on any atom is 0.401 e. The minimum Gasteiger partial charge on any atom is -0.368 e. The Morgan fingerprint density at radius 2 is 2.00 bits per heavy atom. The fraction of sp³-hybridized carbons (Fsp3) is 0.300. The number of halogens is 5. The Balaban J connectivity index is 2.98. The largest absolute Gasteiger partial charge is 0.401 e. The second-order valence-electron chi connectivity index (χ2n) is 3.50. The molecule has 3 N–H and O–H groups in total. The fourth-order valence-electron chi connectivity index (χ4n) is 1.32. The quantitative estimate of drug-likeness (QED) is 0.898. The maximum atomic E-state index is 12.1. The number of nitrogens with one attached hydrogen (secondary N) is 1. The van der Waals surface area contributed by atoms with Crippen molar-refractivity contribution < 1.29 is 18.0 Å². The SMILES string of the molecule is NC(=O)C(NCC(F)(F)F)c1cc(Cl)ccc1Cl. The molecule has 0 aliphatic heterocycles. The highest BCUT2D eigenvalue weighted by Gasteiger charge is 2.30. The monoisotopic (exact) mass is 300 g/mol. The molecule has 0 fully saturated rings. The lowest BCUT2D eigenvalue weighted by atomic mass is 10.1. The summed E-state index contributed by atoms with van der Waals surface area (Å²) in [5.41, 5.74) is 5.16. The van der Waals surface area contributed by atoms with Crippen molar-refractivity contribution in [2.75, 3.05) is 6.54 Å². The van der Waals surface area contributed by atoms with Gasteiger partial charge < -0.3 is 5.73 Å². The summed E-state index contributed by atoms with van der Waals surface area (Å²) in [6.45, 7) is -1.36. The molecule has 100 valence electrons. The lowest BCUT2D eigenvalue weighted by molar-refractivity contribution is -0.130. The van der Waals surface area contributed by atoms with Crippen molar-refractivity contribution in [3.63, 3.8) is 0 Å². The van der Waals surface area contributed by atoms with E-state index in [2.05, 4.69) is 0 Å². The van der Waals surface area contributed by atoms with E-state index in [1.807, 2.05) is 5.32 Å². The average molecular weight is 301 g/mol. The van der Waals surface area contributed by atoms with Crippen LogP contribution in [0.15, 0.2) is 18.2 Å². The minimum absolute atomic E-state index is 0.109. The van der Waals surface area contributed by atoms with E-state index in [4.69, 9.17) is 28.9 Å². The molecular formula is C10H9Cl2F3N2O. The molecule has 0 bridgehead atoms. The van der Waals surface area contributed by atoms with Gasteiger partial charge >= 0.3 is 6.18 Å². The van der Waals surface area contributed by atoms with E-state index in [0.717, 1.165) is 0 Å². The Kier molecular flexibility index (Phi) is 4.84. The summed E-state index contributed by atoms with van der Waals surface area (Å²) in [4.78, 5) is 11.2. The zero-order chi connectivity index (χ0) is 13.9. The molecule has 1 amide bonds. The number of rotatable bonds is 4. The summed E-state index contributed by atoms with van der Waals surface area (Å²) in [6.07, 6.45) is -4.46. The third-order valence-electron chi connectivity index (χ3n) is 2.06. The molecule has 0 spiro atoms. The molecule has 0 aromatic heterocycles. The van der Waals surface area contributed by atoms with E-state index in [-0.39, 0.29) is 15.6 Å². The molecule has 0 aliphatic rings. The standard InChI is InChI=1S/C10H9Cl2F3N2O/c11-5-1-2-7(12)6(3-5)8(9(16)18)17-4-10(13,14)15/h1-3,8,17H,4H2,(H2,16,18). The molecule has 0 radical (unpaired) electrons. The summed E-state index contributed by atoms with van der Waals surface area (Å²) in [7, 11) is 0. The predicted octanol–water partition coefficient (Wildman–Crippen LogP) is 2.67. The van der Waals surface area contributed by atoms with Crippen LogP contribution in [0.4, 0.5) is 13.2 Å². The van der Waals surface area contributed by atoms with Crippen LogP contribution in [0.2, 0.25) is 10.0 Å². The van der Waals surface area contributed by atoms with Gasteiger partial charge in [-0.25, -0.2) is 0 Å². The summed E-state index contributed by atoms with van der Waals surface area (Å²) >= 11 is 11.5. The number of hydrogen-bond donors (Lipinski definition) is 2. The molecule has 1 unspecified atom stereocenters. The van der Waals surface area contributed by atoms with E-state index < -0.39 is 24.7 Å². The summed E-state index contributed by atoms with van der Waals surface area (Å²) in [5.74, 6) is -0.969.